The van der Waals surface area contributed by atoms with Crippen molar-refractivity contribution in [1.29, 1.82) is 0 Å². The fourth-order valence-electron chi connectivity index (χ4n) is 2.84. The van der Waals surface area contributed by atoms with E-state index < -0.39 is 6.11 Å². The van der Waals surface area contributed by atoms with Crippen LogP contribution in [0.25, 0.3) is 0 Å². The Bertz CT molecular complexity index is 692. The number of alkyl halides is 3. The van der Waals surface area contributed by atoms with Crippen LogP contribution in [0.4, 0.5) is 8.78 Å². The summed E-state index contributed by atoms with van der Waals surface area (Å²) in [6, 6.07) is 6.65. The SMILES string of the molecule is Cc1cc(OC(F)(F)c2c(C)cc(CCl)cc2C)cc(C)c1C. The van der Waals surface area contributed by atoms with Gasteiger partial charge in [-0.05, 0) is 80.1 Å². The molecule has 0 bridgehead atoms. The van der Waals surface area contributed by atoms with Crippen molar-refractivity contribution in [1.82, 2.24) is 0 Å². The molecule has 0 saturated carbocycles. The lowest BCUT2D eigenvalue weighted by Crippen LogP contribution is -2.24. The van der Waals surface area contributed by atoms with Gasteiger partial charge in [0.05, 0.1) is 5.56 Å². The van der Waals surface area contributed by atoms with Gasteiger partial charge in [0.2, 0.25) is 0 Å². The van der Waals surface area contributed by atoms with E-state index in [-0.39, 0.29) is 11.3 Å². The standard InChI is InChI=1S/C19H21ClF2O/c1-11-8-17(9-12(2)15(11)5)23-19(21,22)18-13(3)6-16(10-20)7-14(18)4/h6-9H,10H2,1-5H3. The second-order valence-corrected chi connectivity index (χ2v) is 6.31. The molecule has 0 amide bonds. The summed E-state index contributed by atoms with van der Waals surface area (Å²) in [5.41, 5.74) is 4.63. The topological polar surface area (TPSA) is 9.23 Å². The van der Waals surface area contributed by atoms with Gasteiger partial charge in [0.15, 0.2) is 0 Å². The highest BCUT2D eigenvalue weighted by atomic mass is 35.5. The molecular formula is C19H21ClF2O. The van der Waals surface area contributed by atoms with Crippen molar-refractivity contribution in [3.63, 3.8) is 0 Å². The number of hydrogen-bond acceptors (Lipinski definition) is 1. The maximum Gasteiger partial charge on any atom is 0.427 e. The fraction of sp³-hybridized carbons (Fsp3) is 0.368. The average molecular weight is 339 g/mol. The lowest BCUT2D eigenvalue weighted by molar-refractivity contribution is -0.186. The Balaban J connectivity index is 2.43. The van der Waals surface area contributed by atoms with Crippen LogP contribution in [0.2, 0.25) is 0 Å². The molecule has 0 unspecified atom stereocenters. The normalized spacial score (nSPS) is 11.7. The zero-order chi connectivity index (χ0) is 17.4. The highest BCUT2D eigenvalue weighted by molar-refractivity contribution is 6.17. The molecule has 124 valence electrons. The fourth-order valence-corrected chi connectivity index (χ4v) is 3.00. The number of rotatable bonds is 4. The second kappa shape index (κ2) is 6.48. The van der Waals surface area contributed by atoms with Crippen molar-refractivity contribution in [2.24, 2.45) is 0 Å². The van der Waals surface area contributed by atoms with Gasteiger partial charge in [-0.25, -0.2) is 0 Å². The Morgan fingerprint density at radius 3 is 1.78 bits per heavy atom. The monoisotopic (exact) mass is 338 g/mol. The molecule has 2 aromatic carbocycles. The molecule has 0 aromatic heterocycles. The van der Waals surface area contributed by atoms with Gasteiger partial charge in [-0.1, -0.05) is 12.1 Å². The Hall–Kier alpha value is -1.61. The zero-order valence-electron chi connectivity index (χ0n) is 14.1. The molecule has 0 radical (unpaired) electrons. The van der Waals surface area contributed by atoms with Gasteiger partial charge in [-0.2, -0.15) is 8.78 Å². The lowest BCUT2D eigenvalue weighted by atomic mass is 9.99. The van der Waals surface area contributed by atoms with Gasteiger partial charge >= 0.3 is 6.11 Å². The Morgan fingerprint density at radius 1 is 0.870 bits per heavy atom. The number of hydrogen-bond donors (Lipinski definition) is 0. The van der Waals surface area contributed by atoms with Crippen molar-refractivity contribution in [3.8, 4) is 5.75 Å². The van der Waals surface area contributed by atoms with Gasteiger partial charge in [0.25, 0.3) is 0 Å². The predicted molar refractivity (Wildman–Crippen MR) is 90.6 cm³/mol. The van der Waals surface area contributed by atoms with Gasteiger partial charge in [0, 0.05) is 5.88 Å². The third-order valence-electron chi connectivity index (χ3n) is 4.18. The summed E-state index contributed by atoms with van der Waals surface area (Å²) >= 11 is 5.80. The van der Waals surface area contributed by atoms with E-state index in [9.17, 15) is 8.78 Å². The van der Waals surface area contributed by atoms with Crippen LogP contribution in [0.3, 0.4) is 0 Å². The molecular weight excluding hydrogens is 318 g/mol. The molecule has 1 nitrogen and oxygen atoms in total. The average Bonchev–Trinajstić information content (AvgIpc) is 2.42. The summed E-state index contributed by atoms with van der Waals surface area (Å²) in [4.78, 5) is 0. The molecule has 23 heavy (non-hydrogen) atoms. The Kier molecular flexibility index (Phi) is 5.00. The van der Waals surface area contributed by atoms with Gasteiger partial charge in [-0.15, -0.1) is 11.6 Å². The first-order chi connectivity index (χ1) is 10.7. The van der Waals surface area contributed by atoms with Crippen LogP contribution in [0.5, 0.6) is 5.75 Å². The third kappa shape index (κ3) is 3.66. The highest BCUT2D eigenvalue weighted by Gasteiger charge is 2.38. The molecule has 0 fully saturated rings. The summed E-state index contributed by atoms with van der Waals surface area (Å²) in [5, 5.41) is 0. The Morgan fingerprint density at radius 2 is 1.35 bits per heavy atom. The van der Waals surface area contributed by atoms with E-state index >= 15 is 0 Å². The van der Waals surface area contributed by atoms with Crippen LogP contribution in [-0.4, -0.2) is 0 Å². The zero-order valence-corrected chi connectivity index (χ0v) is 14.8. The smallest absolute Gasteiger partial charge is 0.427 e. The van der Waals surface area contributed by atoms with Crippen molar-refractivity contribution in [3.05, 3.63) is 63.2 Å². The van der Waals surface area contributed by atoms with E-state index in [0.29, 0.717) is 17.0 Å². The van der Waals surface area contributed by atoms with Crippen LogP contribution in [0.1, 0.15) is 38.9 Å². The molecule has 0 atom stereocenters. The minimum Gasteiger partial charge on any atom is -0.429 e. The summed E-state index contributed by atoms with van der Waals surface area (Å²) < 4.78 is 34.5. The van der Waals surface area contributed by atoms with Crippen LogP contribution < -0.4 is 4.74 Å². The van der Waals surface area contributed by atoms with E-state index in [2.05, 4.69) is 0 Å². The maximum atomic E-state index is 14.7. The van der Waals surface area contributed by atoms with E-state index in [1.165, 1.54) is 0 Å². The van der Waals surface area contributed by atoms with E-state index in [1.807, 2.05) is 20.8 Å². The molecule has 4 heteroatoms. The van der Waals surface area contributed by atoms with Gasteiger partial charge < -0.3 is 4.74 Å². The summed E-state index contributed by atoms with van der Waals surface area (Å²) in [6.45, 7) is 9.05. The third-order valence-corrected chi connectivity index (χ3v) is 4.49. The van der Waals surface area contributed by atoms with Gasteiger partial charge in [0.1, 0.15) is 5.75 Å². The Labute approximate surface area is 141 Å². The maximum absolute atomic E-state index is 14.7. The van der Waals surface area contributed by atoms with Crippen molar-refractivity contribution < 1.29 is 13.5 Å². The first-order valence-electron chi connectivity index (χ1n) is 7.47. The second-order valence-electron chi connectivity index (χ2n) is 6.04. The van der Waals surface area contributed by atoms with E-state index in [1.54, 1.807) is 38.1 Å². The summed E-state index contributed by atoms with van der Waals surface area (Å²) in [5.74, 6) is 0.473. The quantitative estimate of drug-likeness (QED) is 0.612. The first kappa shape index (κ1) is 17.7. The molecule has 0 saturated heterocycles. The first-order valence-corrected chi connectivity index (χ1v) is 8.00. The van der Waals surface area contributed by atoms with E-state index in [0.717, 1.165) is 22.3 Å². The van der Waals surface area contributed by atoms with Crippen molar-refractivity contribution >= 4 is 11.6 Å². The molecule has 0 aliphatic carbocycles. The van der Waals surface area contributed by atoms with Crippen LogP contribution in [-0.2, 0) is 12.0 Å². The molecule has 0 N–H and O–H groups in total. The number of halogens is 3. The van der Waals surface area contributed by atoms with Crippen molar-refractivity contribution in [2.45, 2.75) is 46.6 Å². The summed E-state index contributed by atoms with van der Waals surface area (Å²) in [6.07, 6.45) is -3.40. The van der Waals surface area contributed by atoms with Crippen LogP contribution in [0, 0.1) is 34.6 Å². The number of benzene rings is 2. The molecule has 0 heterocycles. The van der Waals surface area contributed by atoms with Crippen molar-refractivity contribution in [2.75, 3.05) is 0 Å². The van der Waals surface area contributed by atoms with E-state index in [4.69, 9.17) is 16.3 Å². The molecule has 0 aliphatic heterocycles. The molecule has 0 spiro atoms. The predicted octanol–water partition coefficient (Wildman–Crippen LogP) is 6.10. The highest BCUT2D eigenvalue weighted by Crippen LogP contribution is 2.37. The van der Waals surface area contributed by atoms with Crippen LogP contribution in [0.15, 0.2) is 24.3 Å². The lowest BCUT2D eigenvalue weighted by Gasteiger charge is -2.23. The minimum absolute atomic E-state index is 0.0951. The largest absolute Gasteiger partial charge is 0.429 e. The van der Waals surface area contributed by atoms with Gasteiger partial charge in [-0.3, -0.25) is 0 Å². The molecule has 0 aliphatic rings. The summed E-state index contributed by atoms with van der Waals surface area (Å²) in [7, 11) is 0. The number of ether oxygens (including phenoxy) is 1. The minimum atomic E-state index is -3.40. The number of aryl methyl sites for hydroxylation is 4. The van der Waals surface area contributed by atoms with Crippen LogP contribution >= 0.6 is 11.6 Å². The molecule has 2 aromatic rings. The molecule has 2 rings (SSSR count).